The van der Waals surface area contributed by atoms with Gasteiger partial charge in [0, 0.05) is 13.1 Å². The molecule has 0 bridgehead atoms. The fourth-order valence-corrected chi connectivity index (χ4v) is 4.20. The Morgan fingerprint density at radius 2 is 1.76 bits per heavy atom. The van der Waals surface area contributed by atoms with Crippen LogP contribution < -0.4 is 5.32 Å². The summed E-state index contributed by atoms with van der Waals surface area (Å²) in [6.45, 7) is 6.09. The van der Waals surface area contributed by atoms with Crippen LogP contribution in [-0.2, 0) is 6.54 Å². The number of rotatable bonds is 2. The fraction of sp³-hybridized carbons (Fsp3) is 0.474. The number of piperidine rings is 1. The van der Waals surface area contributed by atoms with Gasteiger partial charge in [-0.1, -0.05) is 42.5 Å². The van der Waals surface area contributed by atoms with E-state index in [1.165, 1.54) is 61.8 Å². The summed E-state index contributed by atoms with van der Waals surface area (Å²) in [7, 11) is 0. The van der Waals surface area contributed by atoms with Crippen molar-refractivity contribution < 1.29 is 0 Å². The van der Waals surface area contributed by atoms with E-state index in [0.29, 0.717) is 5.41 Å². The van der Waals surface area contributed by atoms with Crippen LogP contribution in [0.1, 0.15) is 24.8 Å². The predicted molar refractivity (Wildman–Crippen MR) is 88.4 cm³/mol. The summed E-state index contributed by atoms with van der Waals surface area (Å²) >= 11 is 0. The molecule has 110 valence electrons. The van der Waals surface area contributed by atoms with Crippen LogP contribution in [0.2, 0.25) is 0 Å². The van der Waals surface area contributed by atoms with Gasteiger partial charge in [-0.3, -0.25) is 4.90 Å². The molecule has 0 aromatic heterocycles. The molecule has 2 nitrogen and oxygen atoms in total. The molecule has 2 aromatic carbocycles. The molecule has 1 spiro atoms. The van der Waals surface area contributed by atoms with Crippen molar-refractivity contribution in [2.75, 3.05) is 26.2 Å². The second-order valence-corrected chi connectivity index (χ2v) is 6.85. The van der Waals surface area contributed by atoms with E-state index in [1.807, 2.05) is 0 Å². The van der Waals surface area contributed by atoms with Crippen molar-refractivity contribution in [2.24, 2.45) is 5.41 Å². The number of hydrogen-bond donors (Lipinski definition) is 1. The molecular weight excluding hydrogens is 256 g/mol. The molecule has 0 unspecified atom stereocenters. The Morgan fingerprint density at radius 1 is 0.952 bits per heavy atom. The second kappa shape index (κ2) is 5.43. The molecular formula is C19H24N2. The van der Waals surface area contributed by atoms with Gasteiger partial charge < -0.3 is 5.32 Å². The Bertz CT molecular complexity index is 623. The van der Waals surface area contributed by atoms with Crippen molar-refractivity contribution in [3.8, 4) is 0 Å². The lowest BCUT2D eigenvalue weighted by atomic mass is 9.78. The van der Waals surface area contributed by atoms with Gasteiger partial charge in [0.05, 0.1) is 0 Å². The molecule has 2 aliphatic heterocycles. The van der Waals surface area contributed by atoms with Gasteiger partial charge in [-0.05, 0) is 60.6 Å². The standard InChI is InChI=1S/C19H24N2/c1-2-7-18-16(4-1)5-3-6-17(18)14-21-13-10-19(15-21)8-11-20-12-9-19/h1-7,20H,8-15H2. The van der Waals surface area contributed by atoms with Crippen molar-refractivity contribution in [3.05, 3.63) is 48.0 Å². The van der Waals surface area contributed by atoms with Crippen LogP contribution in [0, 0.1) is 5.41 Å². The van der Waals surface area contributed by atoms with Gasteiger partial charge in [-0.25, -0.2) is 0 Å². The highest BCUT2D eigenvalue weighted by Gasteiger charge is 2.38. The Labute approximate surface area is 127 Å². The van der Waals surface area contributed by atoms with Crippen molar-refractivity contribution in [1.29, 1.82) is 0 Å². The van der Waals surface area contributed by atoms with Crippen molar-refractivity contribution in [2.45, 2.75) is 25.8 Å². The van der Waals surface area contributed by atoms with Crippen molar-refractivity contribution >= 4 is 10.8 Å². The number of benzene rings is 2. The lowest BCUT2D eigenvalue weighted by molar-refractivity contribution is 0.194. The summed E-state index contributed by atoms with van der Waals surface area (Å²) in [5.74, 6) is 0. The number of likely N-dealkylation sites (tertiary alicyclic amines) is 1. The Balaban J connectivity index is 1.53. The lowest BCUT2D eigenvalue weighted by Crippen LogP contribution is -2.38. The third kappa shape index (κ3) is 2.58. The van der Waals surface area contributed by atoms with Crippen LogP contribution in [0.15, 0.2) is 42.5 Å². The Hall–Kier alpha value is -1.38. The number of fused-ring (bicyclic) bond motifs is 1. The summed E-state index contributed by atoms with van der Waals surface area (Å²) in [5, 5.41) is 6.30. The minimum Gasteiger partial charge on any atom is -0.317 e. The van der Waals surface area contributed by atoms with Gasteiger partial charge >= 0.3 is 0 Å². The third-order valence-electron chi connectivity index (χ3n) is 5.46. The molecule has 4 rings (SSSR count). The van der Waals surface area contributed by atoms with E-state index in [2.05, 4.69) is 52.7 Å². The van der Waals surface area contributed by atoms with E-state index in [0.717, 1.165) is 6.54 Å². The minimum absolute atomic E-state index is 0.607. The van der Waals surface area contributed by atoms with Crippen molar-refractivity contribution in [3.63, 3.8) is 0 Å². The highest BCUT2D eigenvalue weighted by molar-refractivity contribution is 5.85. The molecule has 0 saturated carbocycles. The van der Waals surface area contributed by atoms with Gasteiger partial charge in [0.2, 0.25) is 0 Å². The van der Waals surface area contributed by atoms with E-state index in [1.54, 1.807) is 0 Å². The Morgan fingerprint density at radius 3 is 2.67 bits per heavy atom. The molecule has 2 heteroatoms. The number of hydrogen-bond acceptors (Lipinski definition) is 2. The quantitative estimate of drug-likeness (QED) is 0.907. The van der Waals surface area contributed by atoms with E-state index in [9.17, 15) is 0 Å². The molecule has 0 atom stereocenters. The van der Waals surface area contributed by atoms with Crippen LogP contribution in [0.25, 0.3) is 10.8 Å². The van der Waals surface area contributed by atoms with Crippen LogP contribution in [-0.4, -0.2) is 31.1 Å². The molecule has 2 fully saturated rings. The molecule has 0 amide bonds. The van der Waals surface area contributed by atoms with Gasteiger partial charge in [0.25, 0.3) is 0 Å². The summed E-state index contributed by atoms with van der Waals surface area (Å²) in [4.78, 5) is 2.67. The first-order valence-electron chi connectivity index (χ1n) is 8.24. The van der Waals surface area contributed by atoms with Crippen LogP contribution in [0.3, 0.4) is 0 Å². The van der Waals surface area contributed by atoms with Crippen LogP contribution in [0.5, 0.6) is 0 Å². The topological polar surface area (TPSA) is 15.3 Å². The fourth-order valence-electron chi connectivity index (χ4n) is 4.20. The second-order valence-electron chi connectivity index (χ2n) is 6.85. The molecule has 0 aliphatic carbocycles. The average molecular weight is 280 g/mol. The smallest absolute Gasteiger partial charge is 0.0240 e. The monoisotopic (exact) mass is 280 g/mol. The number of nitrogens with one attached hydrogen (secondary N) is 1. The van der Waals surface area contributed by atoms with E-state index < -0.39 is 0 Å². The maximum Gasteiger partial charge on any atom is 0.0240 e. The zero-order valence-electron chi connectivity index (χ0n) is 12.6. The van der Waals surface area contributed by atoms with Gasteiger partial charge in [0.1, 0.15) is 0 Å². The Kier molecular flexibility index (Phi) is 3.44. The molecule has 2 saturated heterocycles. The molecule has 2 heterocycles. The van der Waals surface area contributed by atoms with E-state index >= 15 is 0 Å². The molecule has 0 radical (unpaired) electrons. The average Bonchev–Trinajstić information content (AvgIpc) is 2.91. The van der Waals surface area contributed by atoms with Crippen LogP contribution in [0.4, 0.5) is 0 Å². The molecule has 21 heavy (non-hydrogen) atoms. The van der Waals surface area contributed by atoms with E-state index in [4.69, 9.17) is 0 Å². The first-order chi connectivity index (χ1) is 10.3. The van der Waals surface area contributed by atoms with Gasteiger partial charge in [0.15, 0.2) is 0 Å². The summed E-state index contributed by atoms with van der Waals surface area (Å²) in [6.07, 6.45) is 4.11. The van der Waals surface area contributed by atoms with Gasteiger partial charge in [-0.2, -0.15) is 0 Å². The van der Waals surface area contributed by atoms with Crippen LogP contribution >= 0.6 is 0 Å². The summed E-state index contributed by atoms with van der Waals surface area (Å²) < 4.78 is 0. The maximum atomic E-state index is 3.51. The lowest BCUT2D eigenvalue weighted by Gasteiger charge is -2.34. The molecule has 2 aromatic rings. The SMILES string of the molecule is c1ccc2c(CN3CCC4(CCNCC4)C3)cccc2c1. The van der Waals surface area contributed by atoms with Gasteiger partial charge in [-0.15, -0.1) is 0 Å². The summed E-state index contributed by atoms with van der Waals surface area (Å²) in [6, 6.07) is 15.5. The highest BCUT2D eigenvalue weighted by Crippen LogP contribution is 2.39. The minimum atomic E-state index is 0.607. The normalized spacial score (nSPS) is 22.1. The maximum absolute atomic E-state index is 3.51. The molecule has 1 N–H and O–H groups in total. The third-order valence-corrected chi connectivity index (χ3v) is 5.46. The zero-order valence-corrected chi connectivity index (χ0v) is 12.6. The van der Waals surface area contributed by atoms with E-state index in [-0.39, 0.29) is 0 Å². The predicted octanol–water partition coefficient (Wildman–Crippen LogP) is 3.42. The highest BCUT2D eigenvalue weighted by atomic mass is 15.2. The molecule has 2 aliphatic rings. The van der Waals surface area contributed by atoms with Crippen molar-refractivity contribution in [1.82, 2.24) is 10.2 Å². The zero-order chi connectivity index (χ0) is 14.1. The number of nitrogens with zero attached hydrogens (tertiary/aromatic N) is 1. The first-order valence-corrected chi connectivity index (χ1v) is 8.24. The summed E-state index contributed by atoms with van der Waals surface area (Å²) in [5.41, 5.74) is 2.09. The first kappa shape index (κ1) is 13.3. The largest absolute Gasteiger partial charge is 0.317 e.